The lowest BCUT2D eigenvalue weighted by atomic mass is 10.1. The summed E-state index contributed by atoms with van der Waals surface area (Å²) in [6.45, 7) is 4.19. The molecule has 0 unspecified atom stereocenters. The summed E-state index contributed by atoms with van der Waals surface area (Å²) in [6, 6.07) is 15.5. The van der Waals surface area contributed by atoms with Gasteiger partial charge in [-0.25, -0.2) is 0 Å². The standard InChI is InChI=1S/C20H21N3O3/c1-3-15-7-9-17(10-8-15)25-13-18(24)21-12-19-22-20(23-26-19)16-6-4-5-14(2)11-16/h4-11H,3,12-13H2,1-2H3,(H,21,24). The smallest absolute Gasteiger partial charge is 0.258 e. The maximum absolute atomic E-state index is 11.9. The molecule has 1 amide bonds. The second-order valence-electron chi connectivity index (χ2n) is 5.94. The van der Waals surface area contributed by atoms with E-state index in [1.807, 2.05) is 55.5 Å². The van der Waals surface area contributed by atoms with Gasteiger partial charge in [-0.3, -0.25) is 4.79 Å². The minimum absolute atomic E-state index is 0.0651. The highest BCUT2D eigenvalue weighted by Gasteiger charge is 2.10. The Bertz CT molecular complexity index is 872. The van der Waals surface area contributed by atoms with Gasteiger partial charge in [-0.2, -0.15) is 4.98 Å². The van der Waals surface area contributed by atoms with E-state index in [0.717, 1.165) is 17.5 Å². The maximum atomic E-state index is 11.9. The van der Waals surface area contributed by atoms with E-state index >= 15 is 0 Å². The molecule has 0 aliphatic carbocycles. The average molecular weight is 351 g/mol. The molecular weight excluding hydrogens is 330 g/mol. The lowest BCUT2D eigenvalue weighted by Gasteiger charge is -2.06. The van der Waals surface area contributed by atoms with Gasteiger partial charge < -0.3 is 14.6 Å². The number of nitrogens with zero attached hydrogens (tertiary/aromatic N) is 2. The molecular formula is C20H21N3O3. The van der Waals surface area contributed by atoms with Gasteiger partial charge >= 0.3 is 0 Å². The van der Waals surface area contributed by atoms with Crippen molar-refractivity contribution in [3.63, 3.8) is 0 Å². The SMILES string of the molecule is CCc1ccc(OCC(=O)NCc2nc(-c3cccc(C)c3)no2)cc1. The van der Waals surface area contributed by atoms with E-state index in [1.54, 1.807) is 0 Å². The van der Waals surface area contributed by atoms with Crippen LogP contribution in [0, 0.1) is 6.92 Å². The van der Waals surface area contributed by atoms with E-state index < -0.39 is 0 Å². The Morgan fingerprint density at radius 1 is 1.19 bits per heavy atom. The second kappa shape index (κ2) is 8.29. The topological polar surface area (TPSA) is 77.2 Å². The van der Waals surface area contributed by atoms with Gasteiger partial charge in [0.2, 0.25) is 11.7 Å². The summed E-state index contributed by atoms with van der Waals surface area (Å²) in [7, 11) is 0. The van der Waals surface area contributed by atoms with Crippen LogP contribution in [0.4, 0.5) is 0 Å². The van der Waals surface area contributed by atoms with Crippen molar-refractivity contribution in [1.82, 2.24) is 15.5 Å². The number of carbonyl (C=O) groups excluding carboxylic acids is 1. The third kappa shape index (κ3) is 4.69. The molecule has 1 aromatic heterocycles. The van der Waals surface area contributed by atoms with Crippen LogP contribution >= 0.6 is 0 Å². The van der Waals surface area contributed by atoms with Crippen LogP contribution in [0.15, 0.2) is 53.1 Å². The third-order valence-corrected chi connectivity index (χ3v) is 3.88. The first-order valence-electron chi connectivity index (χ1n) is 8.52. The summed E-state index contributed by atoms with van der Waals surface area (Å²) < 4.78 is 10.6. The molecule has 134 valence electrons. The first-order valence-corrected chi connectivity index (χ1v) is 8.52. The molecule has 3 rings (SSSR count). The number of rotatable bonds is 7. The Labute approximate surface area is 152 Å². The molecule has 1 N–H and O–H groups in total. The maximum Gasteiger partial charge on any atom is 0.258 e. The van der Waals surface area contributed by atoms with Gasteiger partial charge in [-0.1, -0.05) is 48.0 Å². The molecule has 6 nitrogen and oxygen atoms in total. The molecule has 0 aliphatic rings. The number of aromatic nitrogens is 2. The summed E-state index contributed by atoms with van der Waals surface area (Å²) in [4.78, 5) is 16.2. The number of nitrogens with one attached hydrogen (secondary N) is 1. The number of hydrogen-bond donors (Lipinski definition) is 1. The predicted molar refractivity (Wildman–Crippen MR) is 97.6 cm³/mol. The number of amides is 1. The number of carbonyl (C=O) groups is 1. The third-order valence-electron chi connectivity index (χ3n) is 3.88. The van der Waals surface area contributed by atoms with E-state index in [0.29, 0.717) is 17.5 Å². The largest absolute Gasteiger partial charge is 0.484 e. The fourth-order valence-electron chi connectivity index (χ4n) is 2.42. The quantitative estimate of drug-likeness (QED) is 0.707. The van der Waals surface area contributed by atoms with Crippen LogP contribution in [0.3, 0.4) is 0 Å². The zero-order valence-corrected chi connectivity index (χ0v) is 14.9. The van der Waals surface area contributed by atoms with Crippen molar-refractivity contribution in [3.8, 4) is 17.1 Å². The van der Waals surface area contributed by atoms with E-state index in [9.17, 15) is 4.79 Å². The Hall–Kier alpha value is -3.15. The molecule has 6 heteroatoms. The number of hydrogen-bond acceptors (Lipinski definition) is 5. The molecule has 0 fully saturated rings. The second-order valence-corrected chi connectivity index (χ2v) is 5.94. The van der Waals surface area contributed by atoms with E-state index in [2.05, 4.69) is 22.4 Å². The lowest BCUT2D eigenvalue weighted by molar-refractivity contribution is -0.123. The molecule has 0 atom stereocenters. The van der Waals surface area contributed by atoms with Crippen LogP contribution in [0.1, 0.15) is 23.9 Å². The Balaban J connectivity index is 1.48. The average Bonchev–Trinajstić information content (AvgIpc) is 3.14. The number of benzene rings is 2. The first kappa shape index (κ1) is 17.7. The van der Waals surface area contributed by atoms with Gasteiger partial charge in [0.1, 0.15) is 5.75 Å². The normalized spacial score (nSPS) is 10.5. The van der Waals surface area contributed by atoms with Gasteiger partial charge in [-0.05, 0) is 37.1 Å². The molecule has 0 radical (unpaired) electrons. The van der Waals surface area contributed by atoms with Gasteiger partial charge in [0.05, 0.1) is 6.54 Å². The molecule has 2 aromatic carbocycles. The molecule has 26 heavy (non-hydrogen) atoms. The number of aryl methyl sites for hydroxylation is 2. The predicted octanol–water partition coefficient (Wildman–Crippen LogP) is 3.30. The first-order chi connectivity index (χ1) is 12.6. The highest BCUT2D eigenvalue weighted by atomic mass is 16.5. The van der Waals surface area contributed by atoms with Gasteiger partial charge in [0.25, 0.3) is 5.91 Å². The Morgan fingerprint density at radius 3 is 2.73 bits per heavy atom. The molecule has 0 saturated carbocycles. The van der Waals surface area contributed by atoms with E-state index in [4.69, 9.17) is 9.26 Å². The Kier molecular flexibility index (Phi) is 5.63. The minimum atomic E-state index is -0.250. The summed E-state index contributed by atoms with van der Waals surface area (Å²) >= 11 is 0. The lowest BCUT2D eigenvalue weighted by Crippen LogP contribution is -2.28. The van der Waals surface area contributed by atoms with Crippen molar-refractivity contribution in [2.45, 2.75) is 26.8 Å². The van der Waals surface area contributed by atoms with Crippen molar-refractivity contribution in [2.24, 2.45) is 0 Å². The molecule has 1 heterocycles. The highest BCUT2D eigenvalue weighted by Crippen LogP contribution is 2.17. The van der Waals surface area contributed by atoms with Crippen molar-refractivity contribution < 1.29 is 14.1 Å². The van der Waals surface area contributed by atoms with Gasteiger partial charge in [0.15, 0.2) is 6.61 Å². The van der Waals surface area contributed by atoms with Crippen molar-refractivity contribution in [1.29, 1.82) is 0 Å². The van der Waals surface area contributed by atoms with E-state index in [1.165, 1.54) is 5.56 Å². The summed E-state index contributed by atoms with van der Waals surface area (Å²) in [5.74, 6) is 1.27. The fourth-order valence-corrected chi connectivity index (χ4v) is 2.42. The van der Waals surface area contributed by atoms with Crippen LogP contribution in [-0.4, -0.2) is 22.7 Å². The summed E-state index contributed by atoms with van der Waals surface area (Å²) in [5.41, 5.74) is 3.22. The van der Waals surface area contributed by atoms with Crippen molar-refractivity contribution >= 4 is 5.91 Å². The molecule has 0 aliphatic heterocycles. The van der Waals surface area contributed by atoms with E-state index in [-0.39, 0.29) is 19.1 Å². The monoisotopic (exact) mass is 351 g/mol. The van der Waals surface area contributed by atoms with Crippen molar-refractivity contribution in [2.75, 3.05) is 6.61 Å². The van der Waals surface area contributed by atoms with Gasteiger partial charge in [-0.15, -0.1) is 0 Å². The fraction of sp³-hybridized carbons (Fsp3) is 0.250. The highest BCUT2D eigenvalue weighted by molar-refractivity contribution is 5.77. The zero-order chi connectivity index (χ0) is 18.4. The summed E-state index contributed by atoms with van der Waals surface area (Å²) in [5, 5.41) is 6.65. The van der Waals surface area contributed by atoms with Crippen LogP contribution in [-0.2, 0) is 17.8 Å². The van der Waals surface area contributed by atoms with Crippen molar-refractivity contribution in [3.05, 3.63) is 65.5 Å². The molecule has 3 aromatic rings. The van der Waals surface area contributed by atoms with Crippen LogP contribution < -0.4 is 10.1 Å². The summed E-state index contributed by atoms with van der Waals surface area (Å²) in [6.07, 6.45) is 0.968. The Morgan fingerprint density at radius 2 is 2.00 bits per heavy atom. The zero-order valence-electron chi connectivity index (χ0n) is 14.9. The number of ether oxygens (including phenoxy) is 1. The van der Waals surface area contributed by atoms with Crippen LogP contribution in [0.5, 0.6) is 5.75 Å². The molecule has 0 bridgehead atoms. The minimum Gasteiger partial charge on any atom is -0.484 e. The van der Waals surface area contributed by atoms with Crippen LogP contribution in [0.25, 0.3) is 11.4 Å². The molecule has 0 saturated heterocycles. The van der Waals surface area contributed by atoms with Gasteiger partial charge in [0, 0.05) is 5.56 Å². The molecule has 0 spiro atoms. The van der Waals surface area contributed by atoms with Crippen LogP contribution in [0.2, 0.25) is 0 Å².